The van der Waals surface area contributed by atoms with Crippen LogP contribution in [0.15, 0.2) is 6.33 Å². The maximum Gasteiger partial charge on any atom is 0.317 e. The molecule has 0 saturated heterocycles. The Morgan fingerprint density at radius 3 is 2.79 bits per heavy atom. The highest BCUT2D eigenvalue weighted by atomic mass is 16.4. The zero-order valence-corrected chi connectivity index (χ0v) is 11.3. The van der Waals surface area contributed by atoms with Gasteiger partial charge in [-0.15, -0.1) is 0 Å². The van der Waals surface area contributed by atoms with Crippen LogP contribution in [0.4, 0.5) is 4.79 Å². The number of aryl methyl sites for hydroxylation is 1. The Hall–Kier alpha value is -2.12. The molecule has 0 saturated carbocycles. The van der Waals surface area contributed by atoms with Crippen LogP contribution in [0.3, 0.4) is 0 Å². The summed E-state index contributed by atoms with van der Waals surface area (Å²) >= 11 is 0. The molecule has 2 amide bonds. The zero-order valence-electron chi connectivity index (χ0n) is 11.3. The molecule has 2 N–H and O–H groups in total. The van der Waals surface area contributed by atoms with E-state index in [0.29, 0.717) is 18.8 Å². The number of rotatable bonds is 6. The molecule has 0 radical (unpaired) electrons. The third-order valence-corrected chi connectivity index (χ3v) is 2.59. The van der Waals surface area contributed by atoms with Gasteiger partial charge in [0.15, 0.2) is 5.82 Å². The van der Waals surface area contributed by atoms with Gasteiger partial charge >= 0.3 is 12.0 Å². The van der Waals surface area contributed by atoms with E-state index in [0.717, 1.165) is 0 Å². The summed E-state index contributed by atoms with van der Waals surface area (Å²) in [6.07, 6.45) is 2.13. The molecule has 1 unspecified atom stereocenters. The van der Waals surface area contributed by atoms with Crippen LogP contribution in [-0.2, 0) is 18.3 Å². The zero-order chi connectivity index (χ0) is 14.4. The maximum atomic E-state index is 11.7. The fourth-order valence-electron chi connectivity index (χ4n) is 1.49. The molecule has 1 atom stereocenters. The lowest BCUT2D eigenvalue weighted by molar-refractivity contribution is -0.141. The van der Waals surface area contributed by atoms with Crippen LogP contribution in [0.25, 0.3) is 0 Å². The monoisotopic (exact) mass is 269 g/mol. The molecule has 1 rings (SSSR count). The van der Waals surface area contributed by atoms with Crippen LogP contribution in [-0.4, -0.2) is 56.9 Å². The molecule has 0 aliphatic rings. The highest BCUT2D eigenvalue weighted by Gasteiger charge is 2.16. The SMILES string of the molecule is CC(CN(C)C(=O)NCCc1ncn(C)n1)C(=O)O. The summed E-state index contributed by atoms with van der Waals surface area (Å²) in [5.74, 6) is -0.852. The number of carboxylic acid groups (broad SMARTS) is 1. The molecule has 0 spiro atoms. The Balaban J connectivity index is 2.28. The summed E-state index contributed by atoms with van der Waals surface area (Å²) < 4.78 is 1.60. The van der Waals surface area contributed by atoms with E-state index < -0.39 is 11.9 Å². The van der Waals surface area contributed by atoms with E-state index in [2.05, 4.69) is 15.4 Å². The third-order valence-electron chi connectivity index (χ3n) is 2.59. The number of aromatic nitrogens is 3. The summed E-state index contributed by atoms with van der Waals surface area (Å²) in [5, 5.41) is 15.5. The molecule has 0 aromatic carbocycles. The average molecular weight is 269 g/mol. The van der Waals surface area contributed by atoms with Gasteiger partial charge in [-0.3, -0.25) is 9.48 Å². The first-order chi connectivity index (χ1) is 8.90. The van der Waals surface area contributed by atoms with Crippen LogP contribution >= 0.6 is 0 Å². The van der Waals surface area contributed by atoms with Crippen molar-refractivity contribution in [3.8, 4) is 0 Å². The quantitative estimate of drug-likeness (QED) is 0.739. The first kappa shape index (κ1) is 14.9. The largest absolute Gasteiger partial charge is 0.481 e. The van der Waals surface area contributed by atoms with E-state index in [9.17, 15) is 9.59 Å². The van der Waals surface area contributed by atoms with E-state index in [1.165, 1.54) is 4.90 Å². The van der Waals surface area contributed by atoms with Gasteiger partial charge in [0.1, 0.15) is 6.33 Å². The number of nitrogens with zero attached hydrogens (tertiary/aromatic N) is 4. The molecule has 0 fully saturated rings. The summed E-state index contributed by atoms with van der Waals surface area (Å²) in [6.45, 7) is 2.14. The Kier molecular flexibility index (Phi) is 5.28. The van der Waals surface area contributed by atoms with Crippen LogP contribution in [0.5, 0.6) is 0 Å². The fourth-order valence-corrected chi connectivity index (χ4v) is 1.49. The molecular weight excluding hydrogens is 250 g/mol. The standard InChI is InChI=1S/C11H19N5O3/c1-8(10(17)18)6-15(2)11(19)12-5-4-9-13-7-16(3)14-9/h7-8H,4-6H2,1-3H3,(H,12,19)(H,17,18). The van der Waals surface area contributed by atoms with Gasteiger partial charge in [-0.25, -0.2) is 9.78 Å². The van der Waals surface area contributed by atoms with Crippen molar-refractivity contribution in [3.05, 3.63) is 12.2 Å². The first-order valence-corrected chi connectivity index (χ1v) is 5.96. The number of carbonyl (C=O) groups excluding carboxylic acids is 1. The lowest BCUT2D eigenvalue weighted by atomic mass is 10.2. The Bertz CT molecular complexity index is 445. The van der Waals surface area contributed by atoms with Gasteiger partial charge in [0.2, 0.25) is 0 Å². The molecule has 106 valence electrons. The number of carbonyl (C=O) groups is 2. The summed E-state index contributed by atoms with van der Waals surface area (Å²) in [6, 6.07) is -0.302. The van der Waals surface area contributed by atoms with E-state index in [4.69, 9.17) is 5.11 Å². The van der Waals surface area contributed by atoms with Crippen molar-refractivity contribution in [2.24, 2.45) is 13.0 Å². The number of carboxylic acids is 1. The number of amides is 2. The number of aliphatic carboxylic acids is 1. The lowest BCUT2D eigenvalue weighted by Crippen LogP contribution is -2.41. The molecule has 0 aliphatic carbocycles. The predicted molar refractivity (Wildman–Crippen MR) is 67.5 cm³/mol. The topological polar surface area (TPSA) is 100 Å². The van der Waals surface area contributed by atoms with Crippen LogP contribution in [0.2, 0.25) is 0 Å². The van der Waals surface area contributed by atoms with E-state index >= 15 is 0 Å². The molecule has 1 aromatic heterocycles. The van der Waals surface area contributed by atoms with Gasteiger partial charge in [-0.05, 0) is 0 Å². The van der Waals surface area contributed by atoms with Crippen molar-refractivity contribution in [2.45, 2.75) is 13.3 Å². The molecule has 8 nitrogen and oxygen atoms in total. The lowest BCUT2D eigenvalue weighted by Gasteiger charge is -2.19. The highest BCUT2D eigenvalue weighted by Crippen LogP contribution is 1.98. The Labute approximate surface area is 111 Å². The smallest absolute Gasteiger partial charge is 0.317 e. The fraction of sp³-hybridized carbons (Fsp3) is 0.636. The van der Waals surface area contributed by atoms with Gasteiger partial charge < -0.3 is 15.3 Å². The minimum absolute atomic E-state index is 0.170. The normalized spacial score (nSPS) is 11.9. The first-order valence-electron chi connectivity index (χ1n) is 5.96. The van der Waals surface area contributed by atoms with Crippen molar-refractivity contribution in [2.75, 3.05) is 20.1 Å². The van der Waals surface area contributed by atoms with E-state index in [-0.39, 0.29) is 12.6 Å². The van der Waals surface area contributed by atoms with Crippen molar-refractivity contribution < 1.29 is 14.7 Å². The average Bonchev–Trinajstić information content (AvgIpc) is 2.74. The van der Waals surface area contributed by atoms with Gasteiger partial charge in [0, 0.05) is 33.6 Å². The number of nitrogens with one attached hydrogen (secondary N) is 1. The number of urea groups is 1. The maximum absolute atomic E-state index is 11.7. The van der Waals surface area contributed by atoms with Gasteiger partial charge in [0.25, 0.3) is 0 Å². The molecule has 0 bridgehead atoms. The van der Waals surface area contributed by atoms with E-state index in [1.807, 2.05) is 0 Å². The van der Waals surface area contributed by atoms with Gasteiger partial charge in [-0.1, -0.05) is 6.92 Å². The molecule has 8 heteroatoms. The predicted octanol–water partition coefficient (Wildman–Crippen LogP) is -0.280. The second-order valence-electron chi connectivity index (χ2n) is 4.44. The van der Waals surface area contributed by atoms with Crippen molar-refractivity contribution >= 4 is 12.0 Å². The molecule has 1 heterocycles. The van der Waals surface area contributed by atoms with Crippen molar-refractivity contribution in [1.82, 2.24) is 25.0 Å². The van der Waals surface area contributed by atoms with Crippen molar-refractivity contribution in [3.63, 3.8) is 0 Å². The highest BCUT2D eigenvalue weighted by molar-refractivity contribution is 5.75. The third kappa shape index (κ3) is 4.94. The molecule has 1 aromatic rings. The number of hydrogen-bond donors (Lipinski definition) is 2. The molecular formula is C11H19N5O3. The summed E-state index contributed by atoms with van der Waals surface area (Å²) in [5.41, 5.74) is 0. The van der Waals surface area contributed by atoms with Crippen LogP contribution in [0.1, 0.15) is 12.7 Å². The molecule has 19 heavy (non-hydrogen) atoms. The van der Waals surface area contributed by atoms with Crippen LogP contribution in [0, 0.1) is 5.92 Å². The Morgan fingerprint density at radius 2 is 2.26 bits per heavy atom. The minimum Gasteiger partial charge on any atom is -0.481 e. The van der Waals surface area contributed by atoms with Crippen LogP contribution < -0.4 is 5.32 Å². The minimum atomic E-state index is -0.919. The molecule has 0 aliphatic heterocycles. The number of hydrogen-bond acceptors (Lipinski definition) is 4. The van der Waals surface area contributed by atoms with E-state index in [1.54, 1.807) is 32.0 Å². The summed E-state index contributed by atoms with van der Waals surface area (Å²) in [4.78, 5) is 27.7. The second-order valence-corrected chi connectivity index (χ2v) is 4.44. The van der Waals surface area contributed by atoms with Gasteiger partial charge in [-0.2, -0.15) is 5.10 Å². The summed E-state index contributed by atoms with van der Waals surface area (Å²) in [7, 11) is 3.34. The van der Waals surface area contributed by atoms with Gasteiger partial charge in [0.05, 0.1) is 5.92 Å². The van der Waals surface area contributed by atoms with Crippen molar-refractivity contribution in [1.29, 1.82) is 0 Å². The Morgan fingerprint density at radius 1 is 1.58 bits per heavy atom. The second kappa shape index (κ2) is 6.72.